The molecule has 4 aromatic carbocycles. The fourth-order valence-corrected chi connectivity index (χ4v) is 5.50. The average molecular weight is 654 g/mol. The Bertz CT molecular complexity index is 1810. The highest BCUT2D eigenvalue weighted by Crippen LogP contribution is 2.30. The molecule has 0 spiro atoms. The molecular weight excluding hydrogens is 618 g/mol. The molecule has 242 valence electrons. The van der Waals surface area contributed by atoms with Crippen LogP contribution >= 0.6 is 11.8 Å². The van der Waals surface area contributed by atoms with E-state index >= 15 is 0 Å². The summed E-state index contributed by atoms with van der Waals surface area (Å²) in [5.74, 6) is -1.41. The van der Waals surface area contributed by atoms with Gasteiger partial charge in [-0.1, -0.05) is 43.3 Å². The molecule has 3 amide bonds. The molecule has 10 nitrogen and oxygen atoms in total. The van der Waals surface area contributed by atoms with Crippen molar-refractivity contribution in [2.45, 2.75) is 30.4 Å². The van der Waals surface area contributed by atoms with E-state index in [0.29, 0.717) is 40.4 Å². The van der Waals surface area contributed by atoms with E-state index in [0.717, 1.165) is 10.5 Å². The van der Waals surface area contributed by atoms with Crippen LogP contribution in [0.3, 0.4) is 0 Å². The average Bonchev–Trinajstić information content (AvgIpc) is 3.08. The molecule has 47 heavy (non-hydrogen) atoms. The van der Waals surface area contributed by atoms with Crippen LogP contribution in [0.5, 0.6) is 11.5 Å². The number of methoxy groups -OCH3 is 2. The molecule has 0 aliphatic carbocycles. The van der Waals surface area contributed by atoms with E-state index in [-0.39, 0.29) is 17.2 Å². The van der Waals surface area contributed by atoms with Crippen molar-refractivity contribution < 1.29 is 33.8 Å². The highest BCUT2D eigenvalue weighted by atomic mass is 32.2. The van der Waals surface area contributed by atoms with Crippen molar-refractivity contribution in [3.8, 4) is 11.5 Å². The van der Waals surface area contributed by atoms with Gasteiger partial charge in [0.1, 0.15) is 5.70 Å². The van der Waals surface area contributed by atoms with E-state index in [2.05, 4.69) is 16.0 Å². The summed E-state index contributed by atoms with van der Waals surface area (Å²) in [6.45, 7) is 3.67. The third kappa shape index (κ3) is 9.24. The lowest BCUT2D eigenvalue weighted by Crippen LogP contribution is -2.30. The van der Waals surface area contributed by atoms with E-state index in [9.17, 15) is 24.3 Å². The third-order valence-electron chi connectivity index (χ3n) is 7.02. The number of aryl methyl sites for hydroxylation is 1. The van der Waals surface area contributed by atoms with Gasteiger partial charge in [-0.25, -0.2) is 4.79 Å². The largest absolute Gasteiger partial charge is 0.493 e. The van der Waals surface area contributed by atoms with Gasteiger partial charge in [-0.3, -0.25) is 14.4 Å². The zero-order valence-electron chi connectivity index (χ0n) is 26.3. The summed E-state index contributed by atoms with van der Waals surface area (Å²) in [6, 6.07) is 25.3. The summed E-state index contributed by atoms with van der Waals surface area (Å²) < 4.78 is 10.7. The number of anilines is 2. The molecule has 11 heteroatoms. The van der Waals surface area contributed by atoms with Gasteiger partial charge < -0.3 is 30.5 Å². The summed E-state index contributed by atoms with van der Waals surface area (Å²) in [4.78, 5) is 52.0. The number of ether oxygens (including phenoxy) is 2. The molecule has 0 aliphatic heterocycles. The minimum Gasteiger partial charge on any atom is -0.493 e. The first-order valence-corrected chi connectivity index (χ1v) is 15.5. The molecule has 4 aromatic rings. The molecule has 4 N–H and O–H groups in total. The van der Waals surface area contributed by atoms with Crippen molar-refractivity contribution in [1.82, 2.24) is 5.32 Å². The maximum Gasteiger partial charge on any atom is 0.335 e. The summed E-state index contributed by atoms with van der Waals surface area (Å²) in [7, 11) is 3.03. The topological polar surface area (TPSA) is 143 Å². The van der Waals surface area contributed by atoms with Crippen LogP contribution in [0.2, 0.25) is 0 Å². The van der Waals surface area contributed by atoms with Crippen LogP contribution in [0.25, 0.3) is 6.08 Å². The highest BCUT2D eigenvalue weighted by molar-refractivity contribution is 8.00. The number of hydrogen-bond donors (Lipinski definition) is 4. The Kier molecular flexibility index (Phi) is 11.8. The predicted octanol–water partition coefficient (Wildman–Crippen LogP) is 6.63. The van der Waals surface area contributed by atoms with Crippen molar-refractivity contribution in [3.05, 3.63) is 119 Å². The number of carbonyl (C=O) groups is 4. The molecule has 0 fully saturated rings. The quantitative estimate of drug-likeness (QED) is 0.0931. The van der Waals surface area contributed by atoms with E-state index in [1.165, 1.54) is 44.2 Å². The zero-order valence-corrected chi connectivity index (χ0v) is 27.1. The number of carbonyl (C=O) groups excluding carboxylic acids is 3. The molecule has 0 heterocycles. The first kappa shape index (κ1) is 34.3. The number of benzene rings is 4. The zero-order chi connectivity index (χ0) is 33.9. The van der Waals surface area contributed by atoms with Gasteiger partial charge in [0.05, 0.1) is 25.0 Å². The Morgan fingerprint density at radius 1 is 0.830 bits per heavy atom. The Labute approximate surface area is 277 Å². The van der Waals surface area contributed by atoms with Gasteiger partial charge in [0.25, 0.3) is 11.8 Å². The van der Waals surface area contributed by atoms with Crippen LogP contribution in [0, 0.1) is 6.92 Å². The Morgan fingerprint density at radius 3 is 2.26 bits per heavy atom. The lowest BCUT2D eigenvalue weighted by atomic mass is 10.1. The molecule has 0 saturated heterocycles. The molecule has 0 radical (unpaired) electrons. The number of rotatable bonds is 13. The van der Waals surface area contributed by atoms with Crippen molar-refractivity contribution in [1.29, 1.82) is 0 Å². The van der Waals surface area contributed by atoms with Crippen LogP contribution in [-0.2, 0) is 9.59 Å². The minimum atomic E-state index is -1.08. The standard InChI is InChI=1S/C36H35N3O7S/c1-5-32(35(42)38-28-20-25(36(43)44)16-14-22(28)2)47-27-13-9-12-26(21-27)37-34(41)29(39-33(40)24-10-7-6-8-11-24)18-23-15-17-30(45-3)31(19-23)46-4/h6-21,32H,5H2,1-4H3,(H,37,41)(H,38,42)(H,39,40)(H,43,44)/b29-18+. The van der Waals surface area contributed by atoms with Gasteiger partial charge in [0, 0.05) is 21.8 Å². The highest BCUT2D eigenvalue weighted by Gasteiger charge is 2.21. The van der Waals surface area contributed by atoms with Crippen LogP contribution in [-0.4, -0.2) is 48.3 Å². The fraction of sp³-hybridized carbons (Fsp3) is 0.167. The van der Waals surface area contributed by atoms with Crippen molar-refractivity contribution >= 4 is 52.9 Å². The molecule has 0 bridgehead atoms. The lowest BCUT2D eigenvalue weighted by molar-refractivity contribution is -0.116. The van der Waals surface area contributed by atoms with Crippen LogP contribution < -0.4 is 25.4 Å². The van der Waals surface area contributed by atoms with Crippen molar-refractivity contribution in [3.63, 3.8) is 0 Å². The Balaban J connectivity index is 1.54. The minimum absolute atomic E-state index is 0.00565. The van der Waals surface area contributed by atoms with E-state index in [4.69, 9.17) is 9.47 Å². The van der Waals surface area contributed by atoms with Gasteiger partial charge in [0.2, 0.25) is 5.91 Å². The fourth-order valence-electron chi connectivity index (χ4n) is 4.49. The van der Waals surface area contributed by atoms with Gasteiger partial charge in [-0.15, -0.1) is 11.8 Å². The monoisotopic (exact) mass is 653 g/mol. The number of amides is 3. The SMILES string of the molecule is CCC(Sc1cccc(NC(=O)/C(=C\c2ccc(OC)c(OC)c2)NC(=O)c2ccccc2)c1)C(=O)Nc1cc(C(=O)O)ccc1C. The number of nitrogens with one attached hydrogen (secondary N) is 3. The number of hydrogen-bond acceptors (Lipinski definition) is 7. The van der Waals surface area contributed by atoms with Crippen LogP contribution in [0.15, 0.2) is 102 Å². The summed E-state index contributed by atoms with van der Waals surface area (Å²) in [5, 5.41) is 17.3. The number of thioether (sulfide) groups is 1. The normalized spacial score (nSPS) is 11.6. The molecule has 0 aromatic heterocycles. The maximum absolute atomic E-state index is 13.6. The predicted molar refractivity (Wildman–Crippen MR) is 183 cm³/mol. The second kappa shape index (κ2) is 16.1. The summed E-state index contributed by atoms with van der Waals surface area (Å²) in [6.07, 6.45) is 2.03. The van der Waals surface area contributed by atoms with E-state index < -0.39 is 23.0 Å². The number of carboxylic acids is 1. The Hall–Kier alpha value is -5.55. The smallest absolute Gasteiger partial charge is 0.335 e. The summed E-state index contributed by atoms with van der Waals surface area (Å²) >= 11 is 1.31. The second-order valence-electron chi connectivity index (χ2n) is 10.3. The van der Waals surface area contributed by atoms with E-state index in [1.807, 2.05) is 13.0 Å². The van der Waals surface area contributed by atoms with Crippen molar-refractivity contribution in [2.75, 3.05) is 24.9 Å². The first-order valence-electron chi connectivity index (χ1n) is 14.6. The lowest BCUT2D eigenvalue weighted by Gasteiger charge is -2.17. The Morgan fingerprint density at radius 2 is 1.57 bits per heavy atom. The maximum atomic E-state index is 13.6. The molecular formula is C36H35N3O7S. The van der Waals surface area contributed by atoms with Gasteiger partial charge in [-0.2, -0.15) is 0 Å². The van der Waals surface area contributed by atoms with Gasteiger partial charge in [0.15, 0.2) is 11.5 Å². The van der Waals surface area contributed by atoms with Crippen molar-refractivity contribution in [2.24, 2.45) is 0 Å². The van der Waals surface area contributed by atoms with Gasteiger partial charge in [-0.05, 0) is 85.1 Å². The third-order valence-corrected chi connectivity index (χ3v) is 8.38. The number of carboxylic acid groups (broad SMARTS) is 1. The summed E-state index contributed by atoms with van der Waals surface area (Å²) in [5.41, 5.74) is 2.67. The molecule has 1 unspecified atom stereocenters. The molecule has 0 saturated carbocycles. The molecule has 0 aliphatic rings. The second-order valence-corrected chi connectivity index (χ2v) is 11.6. The van der Waals surface area contributed by atoms with Crippen LogP contribution in [0.1, 0.15) is 45.2 Å². The molecule has 1 atom stereocenters. The first-order chi connectivity index (χ1) is 22.6. The van der Waals surface area contributed by atoms with Crippen LogP contribution in [0.4, 0.5) is 11.4 Å². The molecule has 4 rings (SSSR count). The van der Waals surface area contributed by atoms with E-state index in [1.54, 1.807) is 79.7 Å². The van der Waals surface area contributed by atoms with Gasteiger partial charge >= 0.3 is 5.97 Å². The number of aromatic carboxylic acids is 1.